The third-order valence-corrected chi connectivity index (χ3v) is 3.85. The van der Waals surface area contributed by atoms with Crippen molar-refractivity contribution < 1.29 is 9.50 Å². The highest BCUT2D eigenvalue weighted by Crippen LogP contribution is 2.30. The summed E-state index contributed by atoms with van der Waals surface area (Å²) in [7, 11) is 0. The monoisotopic (exact) mass is 332 g/mol. The summed E-state index contributed by atoms with van der Waals surface area (Å²) in [5.41, 5.74) is -0.212. The fourth-order valence-corrected chi connectivity index (χ4v) is 2.77. The Morgan fingerprint density at radius 1 is 1.20 bits per heavy atom. The van der Waals surface area contributed by atoms with E-state index in [0.29, 0.717) is 16.2 Å². The molecule has 0 bridgehead atoms. The van der Waals surface area contributed by atoms with Gasteiger partial charge in [0, 0.05) is 23.0 Å². The van der Waals surface area contributed by atoms with Crippen LogP contribution in [-0.4, -0.2) is 24.9 Å². The molecule has 4 rings (SSSR count). The Balaban J connectivity index is 2.19. The van der Waals surface area contributed by atoms with E-state index in [1.54, 1.807) is 0 Å². The molecule has 2 aromatic carbocycles. The van der Waals surface area contributed by atoms with Gasteiger partial charge in [-0.2, -0.15) is 9.78 Å². The molecule has 0 aliphatic rings. The van der Waals surface area contributed by atoms with Crippen molar-refractivity contribution in [1.29, 1.82) is 0 Å². The number of rotatable bonds is 1. The van der Waals surface area contributed by atoms with Crippen LogP contribution < -0.4 is 5.56 Å². The van der Waals surface area contributed by atoms with Crippen molar-refractivity contribution in [3.05, 3.63) is 64.7 Å². The second kappa shape index (κ2) is 5.39. The van der Waals surface area contributed by atoms with E-state index in [9.17, 15) is 14.3 Å². The maximum absolute atomic E-state index is 14.1. The van der Waals surface area contributed by atoms with Crippen molar-refractivity contribution in [2.45, 2.75) is 0 Å². The SMILES string of the molecule is C#Cc1c(F)ccc2cc(O)cc(-n3ncc4cncnc4c3=O)c12. The van der Waals surface area contributed by atoms with Crippen LogP contribution in [0, 0.1) is 18.2 Å². The van der Waals surface area contributed by atoms with Crippen LogP contribution in [0.3, 0.4) is 0 Å². The first kappa shape index (κ1) is 14.8. The second-order valence-electron chi connectivity index (χ2n) is 5.32. The van der Waals surface area contributed by atoms with E-state index in [-0.39, 0.29) is 22.5 Å². The average molecular weight is 332 g/mol. The van der Waals surface area contributed by atoms with E-state index in [4.69, 9.17) is 6.42 Å². The van der Waals surface area contributed by atoms with E-state index < -0.39 is 11.4 Å². The standard InChI is InChI=1S/C18H9FN4O2/c1-2-13-14(19)4-3-10-5-12(24)6-15(16(10)13)23-18(25)17-11(8-22-23)7-20-9-21-17/h1,3-9,24H. The minimum atomic E-state index is -0.599. The summed E-state index contributed by atoms with van der Waals surface area (Å²) in [4.78, 5) is 20.6. The molecule has 0 saturated carbocycles. The number of aromatic hydroxyl groups is 1. The minimum absolute atomic E-state index is 0.0102. The highest BCUT2D eigenvalue weighted by Gasteiger charge is 2.16. The van der Waals surface area contributed by atoms with E-state index >= 15 is 0 Å². The lowest BCUT2D eigenvalue weighted by atomic mass is 10.0. The minimum Gasteiger partial charge on any atom is -0.508 e. The molecule has 6 nitrogen and oxygen atoms in total. The molecule has 2 aromatic heterocycles. The summed E-state index contributed by atoms with van der Waals surface area (Å²) < 4.78 is 15.2. The van der Waals surface area contributed by atoms with Gasteiger partial charge in [-0.1, -0.05) is 12.0 Å². The van der Waals surface area contributed by atoms with Crippen molar-refractivity contribution >= 4 is 21.7 Å². The number of aromatic nitrogens is 4. The van der Waals surface area contributed by atoms with Gasteiger partial charge in [0.1, 0.15) is 23.4 Å². The van der Waals surface area contributed by atoms with Gasteiger partial charge < -0.3 is 5.11 Å². The lowest BCUT2D eigenvalue weighted by Crippen LogP contribution is -2.22. The van der Waals surface area contributed by atoms with Crippen LogP contribution >= 0.6 is 0 Å². The van der Waals surface area contributed by atoms with Crippen molar-refractivity contribution in [1.82, 2.24) is 19.7 Å². The number of halogens is 1. The molecule has 0 unspecified atom stereocenters. The van der Waals surface area contributed by atoms with Crippen LogP contribution in [-0.2, 0) is 0 Å². The van der Waals surface area contributed by atoms with Crippen molar-refractivity contribution in [3.63, 3.8) is 0 Å². The van der Waals surface area contributed by atoms with Crippen LogP contribution in [0.5, 0.6) is 5.75 Å². The molecule has 0 aliphatic heterocycles. The Hall–Kier alpha value is -3.79. The first-order chi connectivity index (χ1) is 12.1. The van der Waals surface area contributed by atoms with Crippen molar-refractivity contribution in [2.24, 2.45) is 0 Å². The molecule has 0 spiro atoms. The largest absolute Gasteiger partial charge is 0.508 e. The van der Waals surface area contributed by atoms with Gasteiger partial charge in [-0.3, -0.25) is 4.79 Å². The van der Waals surface area contributed by atoms with Gasteiger partial charge in [-0.15, -0.1) is 6.42 Å². The smallest absolute Gasteiger partial charge is 0.298 e. The normalized spacial score (nSPS) is 10.9. The van der Waals surface area contributed by atoms with E-state index in [1.807, 2.05) is 0 Å². The second-order valence-corrected chi connectivity index (χ2v) is 5.32. The Morgan fingerprint density at radius 3 is 2.84 bits per heavy atom. The van der Waals surface area contributed by atoms with E-state index in [0.717, 1.165) is 4.68 Å². The summed E-state index contributed by atoms with van der Waals surface area (Å²) in [6, 6.07) is 5.44. The summed E-state index contributed by atoms with van der Waals surface area (Å²) in [5.74, 6) is 1.60. The first-order valence-electron chi connectivity index (χ1n) is 7.20. The first-order valence-corrected chi connectivity index (χ1v) is 7.20. The van der Waals surface area contributed by atoms with Crippen LogP contribution in [0.2, 0.25) is 0 Å². The quantitative estimate of drug-likeness (QED) is 0.540. The van der Waals surface area contributed by atoms with Crippen molar-refractivity contribution in [3.8, 4) is 23.8 Å². The fourth-order valence-electron chi connectivity index (χ4n) is 2.77. The van der Waals surface area contributed by atoms with Crippen LogP contribution in [0.15, 0.2) is 47.8 Å². The predicted octanol–water partition coefficient (Wildman–Crippen LogP) is 2.15. The molecule has 4 aromatic rings. The number of phenols is 1. The Morgan fingerprint density at radius 2 is 2.04 bits per heavy atom. The fraction of sp³-hybridized carbons (Fsp3) is 0. The predicted molar refractivity (Wildman–Crippen MR) is 90.0 cm³/mol. The van der Waals surface area contributed by atoms with Gasteiger partial charge in [-0.25, -0.2) is 14.4 Å². The number of terminal acetylenes is 1. The third kappa shape index (κ3) is 2.20. The molecule has 7 heteroatoms. The van der Waals surface area contributed by atoms with E-state index in [2.05, 4.69) is 21.0 Å². The number of phenolic OH excluding ortho intramolecular Hbond substituents is 1. The van der Waals surface area contributed by atoms with Gasteiger partial charge in [0.2, 0.25) is 0 Å². The lowest BCUT2D eigenvalue weighted by molar-refractivity contribution is 0.475. The maximum atomic E-state index is 14.1. The van der Waals surface area contributed by atoms with Gasteiger partial charge >= 0.3 is 0 Å². The zero-order chi connectivity index (χ0) is 17.6. The van der Waals surface area contributed by atoms with Gasteiger partial charge in [0.15, 0.2) is 0 Å². The maximum Gasteiger partial charge on any atom is 0.298 e. The summed E-state index contributed by atoms with van der Waals surface area (Å²) in [5, 5.41) is 15.4. The zero-order valence-electron chi connectivity index (χ0n) is 12.6. The number of hydrogen-bond acceptors (Lipinski definition) is 5. The number of hydrogen-bond donors (Lipinski definition) is 1. The topological polar surface area (TPSA) is 80.9 Å². The Bertz CT molecular complexity index is 1260. The zero-order valence-corrected chi connectivity index (χ0v) is 12.6. The number of nitrogens with zero attached hydrogens (tertiary/aromatic N) is 4. The van der Waals surface area contributed by atoms with Crippen LogP contribution in [0.25, 0.3) is 27.4 Å². The molecule has 0 fully saturated rings. The van der Waals surface area contributed by atoms with E-state index in [1.165, 1.54) is 43.0 Å². The molecule has 0 saturated heterocycles. The lowest BCUT2D eigenvalue weighted by Gasteiger charge is -2.12. The summed E-state index contributed by atoms with van der Waals surface area (Å²) >= 11 is 0. The van der Waals surface area contributed by atoms with Gasteiger partial charge in [-0.05, 0) is 17.5 Å². The molecule has 0 atom stereocenters. The molecule has 0 radical (unpaired) electrons. The van der Waals surface area contributed by atoms with Crippen LogP contribution in [0.1, 0.15) is 5.56 Å². The van der Waals surface area contributed by atoms with Gasteiger partial charge in [0.25, 0.3) is 5.56 Å². The highest BCUT2D eigenvalue weighted by atomic mass is 19.1. The van der Waals surface area contributed by atoms with Crippen molar-refractivity contribution in [2.75, 3.05) is 0 Å². The molecule has 25 heavy (non-hydrogen) atoms. The molecular formula is C18H9FN4O2. The molecule has 1 N–H and O–H groups in total. The summed E-state index contributed by atoms with van der Waals surface area (Å²) in [6.45, 7) is 0. The number of fused-ring (bicyclic) bond motifs is 2. The molecule has 2 heterocycles. The summed E-state index contributed by atoms with van der Waals surface area (Å²) in [6.07, 6.45) is 9.59. The highest BCUT2D eigenvalue weighted by molar-refractivity contribution is 5.96. The molecule has 0 aliphatic carbocycles. The Labute approximate surface area is 140 Å². The third-order valence-electron chi connectivity index (χ3n) is 3.85. The molecule has 120 valence electrons. The Kier molecular flexibility index (Phi) is 3.18. The molecular weight excluding hydrogens is 323 g/mol. The van der Waals surface area contributed by atoms with Crippen LogP contribution in [0.4, 0.5) is 4.39 Å². The van der Waals surface area contributed by atoms with Gasteiger partial charge in [0.05, 0.1) is 17.4 Å². The molecule has 0 amide bonds. The number of benzene rings is 2. The average Bonchev–Trinajstić information content (AvgIpc) is 2.62.